The second kappa shape index (κ2) is 6.99. The van der Waals surface area contributed by atoms with Crippen molar-refractivity contribution in [3.8, 4) is 5.88 Å². The number of fused-ring (bicyclic) bond motifs is 1. The molecule has 29 heavy (non-hydrogen) atoms. The van der Waals surface area contributed by atoms with Gasteiger partial charge < -0.3 is 21.1 Å². The van der Waals surface area contributed by atoms with Gasteiger partial charge in [-0.1, -0.05) is 12.8 Å². The minimum absolute atomic E-state index is 0.0604. The van der Waals surface area contributed by atoms with Gasteiger partial charge in [0.05, 0.1) is 12.2 Å². The maximum atomic E-state index is 11.4. The third-order valence-electron chi connectivity index (χ3n) is 5.39. The van der Waals surface area contributed by atoms with E-state index in [0.717, 1.165) is 38.5 Å². The highest BCUT2D eigenvalue weighted by Gasteiger charge is 2.24. The van der Waals surface area contributed by atoms with Crippen molar-refractivity contribution in [1.82, 2.24) is 29.5 Å². The number of aromatic nitrogens is 6. The van der Waals surface area contributed by atoms with Gasteiger partial charge in [0.2, 0.25) is 11.8 Å². The number of aromatic hydroxyl groups is 1. The molecule has 152 valence electrons. The largest absolute Gasteiger partial charge is 0.493 e. The molecule has 5 rings (SSSR count). The Morgan fingerprint density at radius 2 is 2.07 bits per heavy atom. The maximum Gasteiger partial charge on any atom is 0.326 e. The zero-order chi connectivity index (χ0) is 20.0. The Balaban J connectivity index is 1.63. The molecular formula is C18H23N9O2. The number of rotatable bonds is 4. The van der Waals surface area contributed by atoms with Gasteiger partial charge in [-0.25, -0.2) is 9.79 Å². The lowest BCUT2D eigenvalue weighted by Gasteiger charge is -2.29. The summed E-state index contributed by atoms with van der Waals surface area (Å²) in [6, 6.07) is 0.435. The first-order chi connectivity index (χ1) is 14.1. The molecule has 3 aromatic rings. The monoisotopic (exact) mass is 397 g/mol. The lowest BCUT2D eigenvalue weighted by molar-refractivity contribution is 0.402. The molecule has 2 atom stereocenters. The van der Waals surface area contributed by atoms with E-state index >= 15 is 0 Å². The molecule has 0 unspecified atom stereocenters. The summed E-state index contributed by atoms with van der Waals surface area (Å²) in [6.45, 7) is 0. The van der Waals surface area contributed by atoms with Gasteiger partial charge in [-0.05, 0) is 31.8 Å². The summed E-state index contributed by atoms with van der Waals surface area (Å²) in [5.41, 5.74) is 7.06. The Bertz CT molecular complexity index is 1220. The van der Waals surface area contributed by atoms with Crippen LogP contribution >= 0.6 is 0 Å². The highest BCUT2D eigenvalue weighted by atomic mass is 16.3. The van der Waals surface area contributed by atoms with Crippen LogP contribution in [0.2, 0.25) is 0 Å². The number of nitrogens with zero attached hydrogens (tertiary/aromatic N) is 5. The molecule has 0 spiro atoms. The zero-order valence-corrected chi connectivity index (χ0v) is 15.8. The van der Waals surface area contributed by atoms with E-state index < -0.39 is 5.69 Å². The summed E-state index contributed by atoms with van der Waals surface area (Å²) >= 11 is 0. The minimum atomic E-state index is -0.488. The molecule has 11 heteroatoms. The van der Waals surface area contributed by atoms with Crippen molar-refractivity contribution in [3.63, 3.8) is 0 Å². The van der Waals surface area contributed by atoms with Crippen LogP contribution in [0.25, 0.3) is 11.7 Å². The van der Waals surface area contributed by atoms with Crippen molar-refractivity contribution in [2.75, 3.05) is 5.32 Å². The van der Waals surface area contributed by atoms with E-state index in [4.69, 9.17) is 5.73 Å². The molecule has 3 aromatic heterocycles. The first-order valence-corrected chi connectivity index (χ1v) is 9.91. The standard InChI is InChI=1S/C18H23N9O2/c19-11-3-1-2-4-12(11)22-16-24-14-9(7-13-15(28)25-18(29)23-13)8-20-27(14)17(26-16)21-10-5-6-10/h7-8,10-12,28H,1-6,19H2,(H,21,22,26)(H2,23,25,29)/t11-,12-/m1/s1. The third kappa shape index (κ3) is 3.60. The number of anilines is 1. The number of imidazole rings is 1. The fourth-order valence-corrected chi connectivity index (χ4v) is 3.65. The minimum Gasteiger partial charge on any atom is -0.493 e. The molecule has 11 nitrogen and oxygen atoms in total. The maximum absolute atomic E-state index is 11.4. The summed E-state index contributed by atoms with van der Waals surface area (Å²) in [6.07, 6.45) is 9.52. The number of aromatic amines is 2. The second-order valence-corrected chi connectivity index (χ2v) is 7.73. The lowest BCUT2D eigenvalue weighted by atomic mass is 9.91. The molecule has 3 heterocycles. The van der Waals surface area contributed by atoms with Crippen LogP contribution in [0.4, 0.5) is 5.95 Å². The molecule has 0 bridgehead atoms. The highest BCUT2D eigenvalue weighted by molar-refractivity contribution is 5.57. The van der Waals surface area contributed by atoms with Crippen LogP contribution in [0.5, 0.6) is 5.88 Å². The Kier molecular flexibility index (Phi) is 4.31. The van der Waals surface area contributed by atoms with Gasteiger partial charge in [-0.2, -0.15) is 19.6 Å². The average molecular weight is 397 g/mol. The van der Waals surface area contributed by atoms with Crippen molar-refractivity contribution in [2.45, 2.75) is 56.7 Å². The number of H-pyrrole nitrogens is 2. The van der Waals surface area contributed by atoms with Gasteiger partial charge in [0.15, 0.2) is 5.65 Å². The normalized spacial score (nSPS) is 23.8. The third-order valence-corrected chi connectivity index (χ3v) is 5.39. The molecule has 6 N–H and O–H groups in total. The summed E-state index contributed by atoms with van der Waals surface area (Å²) < 4.78 is 1.58. The van der Waals surface area contributed by atoms with Crippen LogP contribution in [0.1, 0.15) is 44.2 Å². The van der Waals surface area contributed by atoms with E-state index in [1.54, 1.807) is 16.8 Å². The summed E-state index contributed by atoms with van der Waals surface area (Å²) in [7, 11) is 0. The SMILES string of the molecule is N[C@@H]1CCCC[C@H]1Nc1nc(=NC2CC2)n2ncc(=Cc3[nH]c(=O)[nH]c3O)c2n1. The number of nitrogens with two attached hydrogens (primary N) is 1. The van der Waals surface area contributed by atoms with Gasteiger partial charge in [-0.3, -0.25) is 4.98 Å². The number of nitrogens with one attached hydrogen (secondary N) is 3. The Morgan fingerprint density at radius 3 is 2.79 bits per heavy atom. The summed E-state index contributed by atoms with van der Waals surface area (Å²) in [4.78, 5) is 30.1. The Morgan fingerprint density at radius 1 is 1.24 bits per heavy atom. The van der Waals surface area contributed by atoms with Crippen LogP contribution in [-0.2, 0) is 0 Å². The number of hydrogen-bond donors (Lipinski definition) is 5. The first-order valence-electron chi connectivity index (χ1n) is 9.91. The van der Waals surface area contributed by atoms with Gasteiger partial charge in [0.1, 0.15) is 5.69 Å². The van der Waals surface area contributed by atoms with Crippen molar-refractivity contribution >= 4 is 17.7 Å². The van der Waals surface area contributed by atoms with E-state index in [0.29, 0.717) is 22.4 Å². The van der Waals surface area contributed by atoms with Crippen LogP contribution < -0.4 is 27.6 Å². The highest BCUT2D eigenvalue weighted by Crippen LogP contribution is 2.22. The van der Waals surface area contributed by atoms with E-state index in [1.807, 2.05) is 0 Å². The van der Waals surface area contributed by atoms with Gasteiger partial charge in [0, 0.05) is 17.3 Å². The molecule has 2 aliphatic rings. The predicted octanol–water partition coefficient (Wildman–Crippen LogP) is -0.861. The zero-order valence-electron chi connectivity index (χ0n) is 15.8. The van der Waals surface area contributed by atoms with Gasteiger partial charge >= 0.3 is 5.69 Å². The second-order valence-electron chi connectivity index (χ2n) is 7.73. The molecule has 2 fully saturated rings. The van der Waals surface area contributed by atoms with Crippen LogP contribution in [-0.4, -0.2) is 52.8 Å². The van der Waals surface area contributed by atoms with Crippen molar-refractivity contribution in [1.29, 1.82) is 0 Å². The lowest BCUT2D eigenvalue weighted by Crippen LogP contribution is -2.43. The van der Waals surface area contributed by atoms with Gasteiger partial charge in [-0.15, -0.1) is 0 Å². The number of hydrogen-bond acceptors (Lipinski definition) is 8. The Hall–Kier alpha value is -3.21. The molecule has 0 amide bonds. The fourth-order valence-electron chi connectivity index (χ4n) is 3.65. The Labute approximate surface area is 164 Å². The summed E-state index contributed by atoms with van der Waals surface area (Å²) in [5.74, 6) is 0.221. The first kappa shape index (κ1) is 17.9. The van der Waals surface area contributed by atoms with Crippen LogP contribution in [0.3, 0.4) is 0 Å². The molecular weight excluding hydrogens is 374 g/mol. The summed E-state index contributed by atoms with van der Waals surface area (Å²) in [5, 5.41) is 18.2. The quantitative estimate of drug-likeness (QED) is 0.382. The van der Waals surface area contributed by atoms with Crippen molar-refractivity contribution in [2.24, 2.45) is 10.7 Å². The predicted molar refractivity (Wildman–Crippen MR) is 105 cm³/mol. The van der Waals surface area contributed by atoms with E-state index in [9.17, 15) is 9.90 Å². The molecule has 0 aromatic carbocycles. The molecule has 2 saturated carbocycles. The van der Waals surface area contributed by atoms with E-state index in [1.165, 1.54) is 0 Å². The van der Waals surface area contributed by atoms with Crippen LogP contribution in [0, 0.1) is 0 Å². The average Bonchev–Trinajstić information content (AvgIpc) is 3.33. The van der Waals surface area contributed by atoms with E-state index in [-0.39, 0.29) is 29.7 Å². The van der Waals surface area contributed by atoms with Crippen LogP contribution in [0.15, 0.2) is 16.0 Å². The van der Waals surface area contributed by atoms with Gasteiger partial charge in [0.25, 0.3) is 5.62 Å². The molecule has 0 saturated heterocycles. The molecule has 2 aliphatic carbocycles. The van der Waals surface area contributed by atoms with Crippen molar-refractivity contribution in [3.05, 3.63) is 33.2 Å². The van der Waals surface area contributed by atoms with Crippen molar-refractivity contribution < 1.29 is 5.11 Å². The van der Waals surface area contributed by atoms with E-state index in [2.05, 4.69) is 35.3 Å². The smallest absolute Gasteiger partial charge is 0.326 e. The topological polar surface area (TPSA) is 162 Å². The molecule has 0 aliphatic heterocycles. The molecule has 0 radical (unpaired) electrons. The fraction of sp³-hybridized carbons (Fsp3) is 0.500.